The molecule has 1 aliphatic heterocycles. The average Bonchev–Trinajstić information content (AvgIpc) is 2.38. The molecule has 0 aliphatic carbocycles. The van der Waals surface area contributed by atoms with E-state index in [0.717, 1.165) is 17.5 Å². The Morgan fingerprint density at radius 3 is 2.78 bits per heavy atom. The normalized spacial score (nSPS) is 16.7. The molecule has 0 radical (unpaired) electrons. The fourth-order valence-electron chi connectivity index (χ4n) is 1.92. The first-order valence-electron chi connectivity index (χ1n) is 5.97. The van der Waals surface area contributed by atoms with Gasteiger partial charge in [0.1, 0.15) is 23.8 Å². The van der Waals surface area contributed by atoms with Crippen LogP contribution in [0.15, 0.2) is 17.1 Å². The number of rotatable bonds is 5. The van der Waals surface area contributed by atoms with Crippen molar-refractivity contribution in [1.29, 1.82) is 0 Å². The average molecular weight is 248 g/mol. The van der Waals surface area contributed by atoms with Crippen molar-refractivity contribution >= 4 is 18.3 Å². The van der Waals surface area contributed by atoms with Gasteiger partial charge in [0.05, 0.1) is 25.2 Å². The Morgan fingerprint density at radius 2 is 2.11 bits per heavy atom. The fraction of sp³-hybridized carbons (Fsp3) is 0.385. The maximum absolute atomic E-state index is 11.1. The Balaban J connectivity index is 2.48. The van der Waals surface area contributed by atoms with Crippen molar-refractivity contribution in [3.8, 4) is 11.5 Å². The highest BCUT2D eigenvalue weighted by Crippen LogP contribution is 2.39. The molecule has 1 heterocycles. The molecule has 0 fully saturated rings. The number of hydrogen-bond acceptors (Lipinski definition) is 5. The monoisotopic (exact) mass is 248 g/mol. The third-order valence-corrected chi connectivity index (χ3v) is 2.61. The lowest BCUT2D eigenvalue weighted by molar-refractivity contribution is -0.108. The van der Waals surface area contributed by atoms with Crippen molar-refractivity contribution in [2.75, 3.05) is 18.5 Å². The number of carbonyl (C=O) groups is 1. The molecule has 2 rings (SSSR count). The summed E-state index contributed by atoms with van der Waals surface area (Å²) in [5.41, 5.74) is 1.56. The van der Waals surface area contributed by atoms with E-state index in [1.165, 1.54) is 6.34 Å². The zero-order valence-electron chi connectivity index (χ0n) is 10.5. The Labute approximate surface area is 106 Å². The zero-order chi connectivity index (χ0) is 13.0. The first-order chi connectivity index (χ1) is 8.80. The fourth-order valence-corrected chi connectivity index (χ4v) is 1.92. The standard InChI is InChI=1S/C13H16N2O3/c1-3-17-9-5-10-13(12(6-9)18-4-2)11(7-16)15-8-14-10/h5-8,11H,3-4H2,1-2H3,(H,14,15). The van der Waals surface area contributed by atoms with Crippen molar-refractivity contribution in [3.05, 3.63) is 17.7 Å². The molecule has 0 saturated heterocycles. The van der Waals surface area contributed by atoms with Gasteiger partial charge in [-0.15, -0.1) is 0 Å². The van der Waals surface area contributed by atoms with E-state index in [0.29, 0.717) is 24.7 Å². The third-order valence-electron chi connectivity index (χ3n) is 2.61. The summed E-state index contributed by atoms with van der Waals surface area (Å²) in [7, 11) is 0. The van der Waals surface area contributed by atoms with Crippen molar-refractivity contribution < 1.29 is 14.3 Å². The highest BCUT2D eigenvalue weighted by Gasteiger charge is 2.23. The van der Waals surface area contributed by atoms with E-state index >= 15 is 0 Å². The second kappa shape index (κ2) is 5.53. The summed E-state index contributed by atoms with van der Waals surface area (Å²) in [5.74, 6) is 1.35. The van der Waals surface area contributed by atoms with E-state index in [1.54, 1.807) is 6.07 Å². The first-order valence-corrected chi connectivity index (χ1v) is 5.97. The van der Waals surface area contributed by atoms with Gasteiger partial charge in [-0.2, -0.15) is 0 Å². The maximum Gasteiger partial charge on any atom is 0.149 e. The second-order valence-corrected chi connectivity index (χ2v) is 3.75. The number of ether oxygens (including phenoxy) is 2. The molecule has 1 atom stereocenters. The molecule has 1 aromatic rings. The summed E-state index contributed by atoms with van der Waals surface area (Å²) in [5, 5.41) is 3.01. The lowest BCUT2D eigenvalue weighted by Gasteiger charge is -2.21. The number of nitrogens with one attached hydrogen (secondary N) is 1. The van der Waals surface area contributed by atoms with Crippen LogP contribution in [0.4, 0.5) is 5.69 Å². The molecule has 1 unspecified atom stereocenters. The molecule has 0 bridgehead atoms. The molecule has 96 valence electrons. The number of aldehydes is 1. The van der Waals surface area contributed by atoms with Crippen molar-refractivity contribution in [2.45, 2.75) is 19.9 Å². The molecular formula is C13H16N2O3. The van der Waals surface area contributed by atoms with E-state index in [1.807, 2.05) is 19.9 Å². The SMILES string of the molecule is CCOc1cc2c(c(OCC)c1)C(C=O)N=CN2. The van der Waals surface area contributed by atoms with Crippen LogP contribution >= 0.6 is 0 Å². The molecule has 1 N–H and O–H groups in total. The lowest BCUT2D eigenvalue weighted by Crippen LogP contribution is -2.13. The Hall–Kier alpha value is -2.04. The number of benzene rings is 1. The Kier molecular flexibility index (Phi) is 3.82. The van der Waals surface area contributed by atoms with Crippen LogP contribution < -0.4 is 14.8 Å². The molecule has 0 aromatic heterocycles. The van der Waals surface area contributed by atoms with Gasteiger partial charge in [0.25, 0.3) is 0 Å². The summed E-state index contributed by atoms with van der Waals surface area (Å²) in [4.78, 5) is 15.1. The summed E-state index contributed by atoms with van der Waals surface area (Å²) >= 11 is 0. The quantitative estimate of drug-likeness (QED) is 0.811. The predicted molar refractivity (Wildman–Crippen MR) is 69.7 cm³/mol. The minimum atomic E-state index is -0.515. The second-order valence-electron chi connectivity index (χ2n) is 3.75. The van der Waals surface area contributed by atoms with Crippen LogP contribution in [0, 0.1) is 0 Å². The number of fused-ring (bicyclic) bond motifs is 1. The molecule has 18 heavy (non-hydrogen) atoms. The molecule has 0 saturated carbocycles. The van der Waals surface area contributed by atoms with Crippen LogP contribution in [0.2, 0.25) is 0 Å². The zero-order valence-corrected chi connectivity index (χ0v) is 10.5. The minimum Gasteiger partial charge on any atom is -0.494 e. The van der Waals surface area contributed by atoms with E-state index in [9.17, 15) is 4.79 Å². The van der Waals surface area contributed by atoms with Crippen LogP contribution in [-0.4, -0.2) is 25.8 Å². The number of hydrogen-bond donors (Lipinski definition) is 1. The van der Waals surface area contributed by atoms with Crippen molar-refractivity contribution in [1.82, 2.24) is 0 Å². The van der Waals surface area contributed by atoms with Crippen LogP contribution in [-0.2, 0) is 4.79 Å². The molecular weight excluding hydrogens is 232 g/mol. The van der Waals surface area contributed by atoms with Crippen LogP contribution in [0.1, 0.15) is 25.5 Å². The van der Waals surface area contributed by atoms with Crippen LogP contribution in [0.3, 0.4) is 0 Å². The third kappa shape index (κ3) is 2.30. The molecule has 1 aliphatic rings. The highest BCUT2D eigenvalue weighted by molar-refractivity contribution is 5.87. The smallest absolute Gasteiger partial charge is 0.149 e. The highest BCUT2D eigenvalue weighted by atomic mass is 16.5. The van der Waals surface area contributed by atoms with Crippen LogP contribution in [0.25, 0.3) is 0 Å². The molecule has 0 spiro atoms. The Morgan fingerprint density at radius 1 is 1.33 bits per heavy atom. The van der Waals surface area contributed by atoms with E-state index in [2.05, 4.69) is 10.3 Å². The number of carbonyl (C=O) groups excluding carboxylic acids is 1. The summed E-state index contributed by atoms with van der Waals surface area (Å²) in [6.45, 7) is 4.92. The number of nitrogens with zero attached hydrogens (tertiary/aromatic N) is 1. The van der Waals surface area contributed by atoms with Gasteiger partial charge < -0.3 is 19.6 Å². The molecule has 1 aromatic carbocycles. The summed E-state index contributed by atoms with van der Waals surface area (Å²) < 4.78 is 11.0. The van der Waals surface area contributed by atoms with Gasteiger partial charge in [-0.05, 0) is 13.8 Å². The van der Waals surface area contributed by atoms with Crippen molar-refractivity contribution in [3.63, 3.8) is 0 Å². The summed E-state index contributed by atoms with van der Waals surface area (Å²) in [6, 6.07) is 3.13. The van der Waals surface area contributed by atoms with Crippen molar-refractivity contribution in [2.24, 2.45) is 4.99 Å². The Bertz CT molecular complexity index is 472. The molecule has 5 heteroatoms. The van der Waals surface area contributed by atoms with Gasteiger partial charge in [0, 0.05) is 17.7 Å². The summed E-state index contributed by atoms with van der Waals surface area (Å²) in [6.07, 6.45) is 2.33. The predicted octanol–water partition coefficient (Wildman–Crippen LogP) is 2.18. The van der Waals surface area contributed by atoms with Gasteiger partial charge in [-0.25, -0.2) is 0 Å². The van der Waals surface area contributed by atoms with E-state index < -0.39 is 6.04 Å². The number of aliphatic imine (C=N–C) groups is 1. The van der Waals surface area contributed by atoms with Gasteiger partial charge in [-0.1, -0.05) is 0 Å². The molecule has 5 nitrogen and oxygen atoms in total. The largest absolute Gasteiger partial charge is 0.494 e. The van der Waals surface area contributed by atoms with Gasteiger partial charge in [0.2, 0.25) is 0 Å². The number of anilines is 1. The minimum absolute atomic E-state index is 0.515. The van der Waals surface area contributed by atoms with E-state index in [-0.39, 0.29) is 0 Å². The topological polar surface area (TPSA) is 59.9 Å². The first kappa shape index (κ1) is 12.4. The van der Waals surface area contributed by atoms with Gasteiger partial charge >= 0.3 is 0 Å². The van der Waals surface area contributed by atoms with Crippen LogP contribution in [0.5, 0.6) is 11.5 Å². The van der Waals surface area contributed by atoms with E-state index in [4.69, 9.17) is 9.47 Å². The van der Waals surface area contributed by atoms with Gasteiger partial charge in [-0.3, -0.25) is 4.99 Å². The van der Waals surface area contributed by atoms with Gasteiger partial charge in [0.15, 0.2) is 0 Å². The lowest BCUT2D eigenvalue weighted by atomic mass is 10.0. The maximum atomic E-state index is 11.1. The molecule has 0 amide bonds.